The van der Waals surface area contributed by atoms with Crippen LogP contribution in [0.2, 0.25) is 0 Å². The number of hydrogen-bond donors (Lipinski definition) is 2. The average Bonchev–Trinajstić information content (AvgIpc) is 2.39. The van der Waals surface area contributed by atoms with Gasteiger partial charge >= 0.3 is 5.97 Å². The Balaban J connectivity index is 2.25. The quantitative estimate of drug-likeness (QED) is 0.834. The van der Waals surface area contributed by atoms with Crippen molar-refractivity contribution in [3.63, 3.8) is 0 Å². The van der Waals surface area contributed by atoms with Crippen molar-refractivity contribution < 1.29 is 9.90 Å². The Kier molecular flexibility index (Phi) is 4.28. The van der Waals surface area contributed by atoms with Crippen molar-refractivity contribution in [2.75, 3.05) is 5.32 Å². The third-order valence-electron chi connectivity index (χ3n) is 2.97. The smallest absolute Gasteiger partial charge is 0.305 e. The molecule has 1 unspecified atom stereocenters. The van der Waals surface area contributed by atoms with Crippen molar-refractivity contribution in [2.45, 2.75) is 32.2 Å². The van der Waals surface area contributed by atoms with Crippen molar-refractivity contribution in [3.8, 4) is 0 Å². The van der Waals surface area contributed by atoms with Crippen LogP contribution in [0.4, 0.5) is 5.82 Å². The first-order valence-corrected chi connectivity index (χ1v) is 6.39. The molecule has 2 aromatic rings. The number of aliphatic carboxylic acids is 1. The molecule has 0 aliphatic carbocycles. The van der Waals surface area contributed by atoms with E-state index in [0.717, 1.165) is 23.6 Å². The highest BCUT2D eigenvalue weighted by Gasteiger charge is 2.14. The molecule has 0 aliphatic rings. The molecule has 0 saturated carbocycles. The summed E-state index contributed by atoms with van der Waals surface area (Å²) in [5, 5.41) is 22.1. The maximum Gasteiger partial charge on any atom is 0.305 e. The number of benzene rings is 1. The van der Waals surface area contributed by atoms with E-state index in [4.69, 9.17) is 5.11 Å². The summed E-state index contributed by atoms with van der Waals surface area (Å²) < 4.78 is 0. The van der Waals surface area contributed by atoms with Gasteiger partial charge in [0.1, 0.15) is 0 Å². The summed E-state index contributed by atoms with van der Waals surface area (Å²) in [6.45, 7) is 2.03. The van der Waals surface area contributed by atoms with Crippen LogP contribution in [0.1, 0.15) is 26.2 Å². The summed E-state index contributed by atoms with van der Waals surface area (Å²) in [5.41, 5.74) is 0. The first-order valence-electron chi connectivity index (χ1n) is 6.39. The Hall–Kier alpha value is -2.17. The Bertz CT molecular complexity index is 566. The fourth-order valence-corrected chi connectivity index (χ4v) is 2.11. The molecule has 0 radical (unpaired) electrons. The lowest BCUT2D eigenvalue weighted by atomic mass is 10.1. The zero-order valence-electron chi connectivity index (χ0n) is 10.8. The molecule has 1 aromatic carbocycles. The summed E-state index contributed by atoms with van der Waals surface area (Å²) in [7, 11) is 0. The van der Waals surface area contributed by atoms with Gasteiger partial charge in [0.05, 0.1) is 12.6 Å². The lowest BCUT2D eigenvalue weighted by Crippen LogP contribution is -2.23. The Morgan fingerprint density at radius 2 is 2.21 bits per heavy atom. The van der Waals surface area contributed by atoms with Gasteiger partial charge in [0.15, 0.2) is 5.82 Å². The molecule has 0 amide bonds. The first kappa shape index (κ1) is 13.3. The average molecular weight is 259 g/mol. The summed E-state index contributed by atoms with van der Waals surface area (Å²) in [6.07, 6.45) is 3.49. The SMILES string of the molecule is CCCC(CC(=O)O)Nc1nncc2ccccc12. The van der Waals surface area contributed by atoms with E-state index < -0.39 is 5.97 Å². The molecule has 1 heterocycles. The second kappa shape index (κ2) is 6.13. The Morgan fingerprint density at radius 1 is 1.42 bits per heavy atom. The van der Waals surface area contributed by atoms with Crippen LogP contribution in [-0.2, 0) is 4.79 Å². The van der Waals surface area contributed by atoms with Crippen LogP contribution in [0.5, 0.6) is 0 Å². The molecule has 100 valence electrons. The van der Waals surface area contributed by atoms with E-state index in [1.807, 2.05) is 31.2 Å². The third-order valence-corrected chi connectivity index (χ3v) is 2.97. The van der Waals surface area contributed by atoms with Crippen LogP contribution in [-0.4, -0.2) is 27.3 Å². The van der Waals surface area contributed by atoms with Crippen molar-refractivity contribution >= 4 is 22.6 Å². The number of hydrogen-bond acceptors (Lipinski definition) is 4. The number of aromatic nitrogens is 2. The maximum absolute atomic E-state index is 10.9. The molecule has 0 aliphatic heterocycles. The van der Waals surface area contributed by atoms with Crippen LogP contribution >= 0.6 is 0 Å². The van der Waals surface area contributed by atoms with E-state index in [0.29, 0.717) is 5.82 Å². The normalized spacial score (nSPS) is 12.3. The molecular formula is C14H17N3O2. The van der Waals surface area contributed by atoms with Gasteiger partial charge in [-0.2, -0.15) is 5.10 Å². The second-order valence-electron chi connectivity index (χ2n) is 4.51. The van der Waals surface area contributed by atoms with Gasteiger partial charge in [-0.15, -0.1) is 5.10 Å². The fourth-order valence-electron chi connectivity index (χ4n) is 2.11. The van der Waals surface area contributed by atoms with Crippen LogP contribution in [0.3, 0.4) is 0 Å². The lowest BCUT2D eigenvalue weighted by Gasteiger charge is -2.17. The van der Waals surface area contributed by atoms with Gasteiger partial charge in [-0.25, -0.2) is 0 Å². The van der Waals surface area contributed by atoms with Crippen LogP contribution < -0.4 is 5.32 Å². The molecular weight excluding hydrogens is 242 g/mol. The highest BCUT2D eigenvalue weighted by molar-refractivity contribution is 5.91. The largest absolute Gasteiger partial charge is 0.481 e. The Labute approximate surface area is 111 Å². The summed E-state index contributed by atoms with van der Waals surface area (Å²) in [5.74, 6) is -0.156. The third kappa shape index (κ3) is 3.40. The molecule has 1 aromatic heterocycles. The minimum absolute atomic E-state index is 0.0821. The number of carboxylic acid groups (broad SMARTS) is 1. The van der Waals surface area contributed by atoms with Crippen molar-refractivity contribution in [1.29, 1.82) is 0 Å². The van der Waals surface area contributed by atoms with E-state index in [1.54, 1.807) is 6.20 Å². The molecule has 2 rings (SSSR count). The predicted molar refractivity (Wildman–Crippen MR) is 74.1 cm³/mol. The molecule has 0 bridgehead atoms. The summed E-state index contributed by atoms with van der Waals surface area (Å²) in [6, 6.07) is 7.66. The van der Waals surface area contributed by atoms with E-state index in [-0.39, 0.29) is 12.5 Å². The highest BCUT2D eigenvalue weighted by Crippen LogP contribution is 2.21. The standard InChI is InChI=1S/C14H17N3O2/c1-2-5-11(8-13(18)19)16-14-12-7-4-3-6-10(12)9-15-17-14/h3-4,6-7,9,11H,2,5,8H2,1H3,(H,16,17)(H,18,19). The monoisotopic (exact) mass is 259 g/mol. The van der Waals surface area contributed by atoms with Crippen LogP contribution in [0.15, 0.2) is 30.5 Å². The molecule has 19 heavy (non-hydrogen) atoms. The minimum Gasteiger partial charge on any atom is -0.481 e. The molecule has 0 spiro atoms. The lowest BCUT2D eigenvalue weighted by molar-refractivity contribution is -0.137. The number of anilines is 1. The van der Waals surface area contributed by atoms with Gasteiger partial charge in [-0.3, -0.25) is 4.79 Å². The van der Waals surface area contributed by atoms with Gasteiger partial charge in [-0.1, -0.05) is 37.6 Å². The van der Waals surface area contributed by atoms with Gasteiger partial charge in [-0.05, 0) is 6.42 Å². The van der Waals surface area contributed by atoms with Crippen molar-refractivity contribution in [2.24, 2.45) is 0 Å². The number of nitrogens with zero attached hydrogens (tertiary/aromatic N) is 2. The van der Waals surface area contributed by atoms with E-state index in [1.165, 1.54) is 0 Å². The molecule has 0 saturated heterocycles. The Morgan fingerprint density at radius 3 is 2.95 bits per heavy atom. The minimum atomic E-state index is -0.806. The van der Waals surface area contributed by atoms with Crippen molar-refractivity contribution in [1.82, 2.24) is 10.2 Å². The van der Waals surface area contributed by atoms with Crippen LogP contribution in [0.25, 0.3) is 10.8 Å². The molecule has 5 nitrogen and oxygen atoms in total. The van der Waals surface area contributed by atoms with Gasteiger partial charge < -0.3 is 10.4 Å². The molecule has 2 N–H and O–H groups in total. The van der Waals surface area contributed by atoms with E-state index >= 15 is 0 Å². The number of nitrogens with one attached hydrogen (secondary N) is 1. The van der Waals surface area contributed by atoms with E-state index in [9.17, 15) is 4.79 Å². The van der Waals surface area contributed by atoms with Crippen molar-refractivity contribution in [3.05, 3.63) is 30.5 Å². The van der Waals surface area contributed by atoms with Crippen LogP contribution in [0, 0.1) is 0 Å². The van der Waals surface area contributed by atoms with Gasteiger partial charge in [0.25, 0.3) is 0 Å². The molecule has 0 fully saturated rings. The first-order chi connectivity index (χ1) is 9.20. The predicted octanol–water partition coefficient (Wildman–Crippen LogP) is 2.69. The number of carboxylic acids is 1. The fraction of sp³-hybridized carbons (Fsp3) is 0.357. The summed E-state index contributed by atoms with van der Waals surface area (Å²) in [4.78, 5) is 10.9. The maximum atomic E-state index is 10.9. The summed E-state index contributed by atoms with van der Waals surface area (Å²) >= 11 is 0. The second-order valence-corrected chi connectivity index (χ2v) is 4.51. The number of rotatable bonds is 6. The zero-order valence-corrected chi connectivity index (χ0v) is 10.8. The topological polar surface area (TPSA) is 75.1 Å². The molecule has 5 heteroatoms. The number of carbonyl (C=O) groups is 1. The van der Waals surface area contributed by atoms with Gasteiger partial charge in [0, 0.05) is 16.8 Å². The zero-order chi connectivity index (χ0) is 13.7. The number of fused-ring (bicyclic) bond motifs is 1. The molecule has 1 atom stereocenters. The van der Waals surface area contributed by atoms with Gasteiger partial charge in [0.2, 0.25) is 0 Å². The van der Waals surface area contributed by atoms with E-state index in [2.05, 4.69) is 15.5 Å². The highest BCUT2D eigenvalue weighted by atomic mass is 16.4.